The van der Waals surface area contributed by atoms with Crippen molar-refractivity contribution < 1.29 is 23.4 Å². The summed E-state index contributed by atoms with van der Waals surface area (Å²) in [5, 5.41) is 0.513. The maximum absolute atomic E-state index is 14.1. The van der Waals surface area contributed by atoms with Crippen LogP contribution in [0.2, 0.25) is 0 Å². The lowest BCUT2D eigenvalue weighted by Gasteiger charge is -2.25. The SMILES string of the molecule is CCCCOc1cccc(C2c3c(oc4cc(C)cc(C)c4c3=O)C(=O)N2CCc2ccc(OC)c(OC)c2)c1. The Kier molecular flexibility index (Phi) is 7.83. The number of amides is 1. The first-order valence-electron chi connectivity index (χ1n) is 13.7. The van der Waals surface area contributed by atoms with Crippen molar-refractivity contribution in [2.24, 2.45) is 0 Å². The maximum Gasteiger partial charge on any atom is 0.290 e. The highest BCUT2D eigenvalue weighted by molar-refractivity contribution is 5.99. The van der Waals surface area contributed by atoms with Crippen LogP contribution in [0.15, 0.2) is 63.8 Å². The van der Waals surface area contributed by atoms with Gasteiger partial charge in [-0.1, -0.05) is 37.6 Å². The summed E-state index contributed by atoms with van der Waals surface area (Å²) in [7, 11) is 3.19. The van der Waals surface area contributed by atoms with E-state index in [0.717, 1.165) is 35.1 Å². The van der Waals surface area contributed by atoms with Crippen LogP contribution in [-0.2, 0) is 6.42 Å². The molecule has 3 aromatic carbocycles. The van der Waals surface area contributed by atoms with Crippen LogP contribution < -0.4 is 19.6 Å². The van der Waals surface area contributed by atoms with E-state index >= 15 is 0 Å². The summed E-state index contributed by atoms with van der Waals surface area (Å²) < 4.78 is 23.0. The number of methoxy groups -OCH3 is 2. The van der Waals surface area contributed by atoms with Crippen LogP contribution in [0.25, 0.3) is 11.0 Å². The lowest BCUT2D eigenvalue weighted by molar-refractivity contribution is 0.0729. The van der Waals surface area contributed by atoms with Crippen LogP contribution in [0.3, 0.4) is 0 Å². The fourth-order valence-electron chi connectivity index (χ4n) is 5.49. The molecule has 2 heterocycles. The summed E-state index contributed by atoms with van der Waals surface area (Å²) in [6.07, 6.45) is 2.52. The molecule has 1 atom stereocenters. The van der Waals surface area contributed by atoms with Gasteiger partial charge in [-0.25, -0.2) is 0 Å². The molecule has 1 aliphatic rings. The van der Waals surface area contributed by atoms with E-state index < -0.39 is 6.04 Å². The Hall–Kier alpha value is -4.26. The van der Waals surface area contributed by atoms with Crippen molar-refractivity contribution in [3.8, 4) is 17.2 Å². The Labute approximate surface area is 234 Å². The molecule has 1 aliphatic heterocycles. The fraction of sp³-hybridized carbons (Fsp3) is 0.333. The number of ether oxygens (including phenoxy) is 3. The molecule has 0 radical (unpaired) electrons. The zero-order valence-corrected chi connectivity index (χ0v) is 23.7. The summed E-state index contributed by atoms with van der Waals surface area (Å²) in [4.78, 5) is 29.7. The molecule has 1 unspecified atom stereocenters. The summed E-state index contributed by atoms with van der Waals surface area (Å²) in [6, 6.07) is 16.6. The van der Waals surface area contributed by atoms with Gasteiger partial charge in [0.1, 0.15) is 11.3 Å². The van der Waals surface area contributed by atoms with E-state index in [4.69, 9.17) is 18.6 Å². The van der Waals surface area contributed by atoms with Gasteiger partial charge < -0.3 is 23.5 Å². The van der Waals surface area contributed by atoms with E-state index in [1.165, 1.54) is 0 Å². The number of rotatable bonds is 10. The van der Waals surface area contributed by atoms with E-state index in [-0.39, 0.29) is 17.1 Å². The minimum atomic E-state index is -0.598. The highest BCUT2D eigenvalue weighted by Crippen LogP contribution is 2.40. The van der Waals surface area contributed by atoms with Crippen molar-refractivity contribution >= 4 is 16.9 Å². The smallest absolute Gasteiger partial charge is 0.290 e. The highest BCUT2D eigenvalue weighted by Gasteiger charge is 2.42. The van der Waals surface area contributed by atoms with Gasteiger partial charge in [-0.05, 0) is 79.3 Å². The normalized spacial score (nSPS) is 14.5. The predicted octanol–water partition coefficient (Wildman–Crippen LogP) is 6.39. The van der Waals surface area contributed by atoms with Crippen LogP contribution in [0.5, 0.6) is 17.2 Å². The summed E-state index contributed by atoms with van der Waals surface area (Å²) in [5.74, 6) is 1.79. The summed E-state index contributed by atoms with van der Waals surface area (Å²) in [6.45, 7) is 6.95. The molecule has 0 saturated carbocycles. The van der Waals surface area contributed by atoms with Crippen molar-refractivity contribution in [2.75, 3.05) is 27.4 Å². The quantitative estimate of drug-likeness (QED) is 0.216. The van der Waals surface area contributed by atoms with Gasteiger partial charge in [0.05, 0.1) is 37.8 Å². The van der Waals surface area contributed by atoms with Gasteiger partial charge in [0.25, 0.3) is 5.91 Å². The number of aryl methyl sites for hydroxylation is 2. The zero-order valence-electron chi connectivity index (χ0n) is 23.7. The minimum Gasteiger partial charge on any atom is -0.494 e. The molecule has 1 amide bonds. The van der Waals surface area contributed by atoms with Crippen molar-refractivity contribution in [1.82, 2.24) is 4.90 Å². The lowest BCUT2D eigenvalue weighted by atomic mass is 9.96. The number of carbonyl (C=O) groups is 1. The van der Waals surface area contributed by atoms with E-state index in [1.54, 1.807) is 19.1 Å². The molecule has 7 nitrogen and oxygen atoms in total. The Morgan fingerprint density at radius 1 is 0.950 bits per heavy atom. The van der Waals surface area contributed by atoms with Crippen molar-refractivity contribution in [1.29, 1.82) is 0 Å². The summed E-state index contributed by atoms with van der Waals surface area (Å²) in [5.41, 5.74) is 4.24. The number of carbonyl (C=O) groups excluding carboxylic acids is 1. The second kappa shape index (κ2) is 11.5. The molecule has 0 aliphatic carbocycles. The molecule has 0 spiro atoms. The summed E-state index contributed by atoms with van der Waals surface area (Å²) >= 11 is 0. The first kappa shape index (κ1) is 27.3. The number of nitrogens with zero attached hydrogens (tertiary/aromatic N) is 1. The van der Waals surface area contributed by atoms with E-state index in [0.29, 0.717) is 53.4 Å². The van der Waals surface area contributed by atoms with Crippen LogP contribution in [0.4, 0.5) is 0 Å². The Morgan fingerprint density at radius 3 is 2.50 bits per heavy atom. The first-order chi connectivity index (χ1) is 19.4. The molecule has 5 rings (SSSR count). The number of fused-ring (bicyclic) bond motifs is 2. The first-order valence-corrected chi connectivity index (χ1v) is 13.7. The molecule has 0 bridgehead atoms. The van der Waals surface area contributed by atoms with E-state index in [9.17, 15) is 9.59 Å². The predicted molar refractivity (Wildman–Crippen MR) is 155 cm³/mol. The molecule has 208 valence electrons. The third-order valence-electron chi connectivity index (χ3n) is 7.44. The number of benzene rings is 3. The van der Waals surface area contributed by atoms with E-state index in [2.05, 4.69) is 6.92 Å². The van der Waals surface area contributed by atoms with Crippen molar-refractivity contribution in [2.45, 2.75) is 46.1 Å². The molecular formula is C33H35NO6. The van der Waals surface area contributed by atoms with Crippen molar-refractivity contribution in [3.05, 3.63) is 98.4 Å². The largest absolute Gasteiger partial charge is 0.494 e. The molecule has 1 aromatic heterocycles. The van der Waals surface area contributed by atoms with Gasteiger partial charge in [-0.2, -0.15) is 0 Å². The molecule has 0 fully saturated rings. The highest BCUT2D eigenvalue weighted by atomic mass is 16.5. The number of unbranched alkanes of at least 4 members (excludes halogenated alkanes) is 1. The minimum absolute atomic E-state index is 0.108. The van der Waals surface area contributed by atoms with Crippen LogP contribution >= 0.6 is 0 Å². The fourth-order valence-corrected chi connectivity index (χ4v) is 5.49. The van der Waals surface area contributed by atoms with Gasteiger partial charge >= 0.3 is 0 Å². The third-order valence-corrected chi connectivity index (χ3v) is 7.44. The lowest BCUT2D eigenvalue weighted by Crippen LogP contribution is -2.31. The third kappa shape index (κ3) is 5.04. The van der Waals surface area contributed by atoms with E-state index in [1.807, 2.05) is 68.4 Å². The molecular weight excluding hydrogens is 506 g/mol. The standard InChI is InChI=1S/C33H35NO6/c1-6-7-15-39-24-10-8-9-23(19-24)30-29-31(35)28-21(3)16-20(2)17-27(28)40-32(29)33(36)34(30)14-13-22-11-12-25(37-4)26(18-22)38-5/h8-12,16-19,30H,6-7,13-15H2,1-5H3. The zero-order chi connectivity index (χ0) is 28.4. The maximum atomic E-state index is 14.1. The van der Waals surface area contributed by atoms with Crippen LogP contribution in [0, 0.1) is 13.8 Å². The van der Waals surface area contributed by atoms with Crippen molar-refractivity contribution in [3.63, 3.8) is 0 Å². The molecule has 40 heavy (non-hydrogen) atoms. The number of hydrogen-bond acceptors (Lipinski definition) is 6. The van der Waals surface area contributed by atoms with Gasteiger partial charge in [0, 0.05) is 6.54 Å². The van der Waals surface area contributed by atoms with Crippen LogP contribution in [0.1, 0.15) is 64.2 Å². The topological polar surface area (TPSA) is 78.2 Å². The van der Waals surface area contributed by atoms with Gasteiger partial charge in [0.15, 0.2) is 16.9 Å². The van der Waals surface area contributed by atoms with Crippen LogP contribution in [-0.4, -0.2) is 38.2 Å². The average Bonchev–Trinajstić information content (AvgIpc) is 3.23. The molecule has 0 saturated heterocycles. The second-order valence-corrected chi connectivity index (χ2v) is 10.2. The number of hydrogen-bond donors (Lipinski definition) is 0. The Morgan fingerprint density at radius 2 is 1.75 bits per heavy atom. The van der Waals surface area contributed by atoms with Gasteiger partial charge in [-0.15, -0.1) is 0 Å². The average molecular weight is 542 g/mol. The Balaban J connectivity index is 1.59. The monoisotopic (exact) mass is 541 g/mol. The second-order valence-electron chi connectivity index (χ2n) is 10.2. The Bertz CT molecular complexity index is 1620. The molecule has 4 aromatic rings. The molecule has 7 heteroatoms. The van der Waals surface area contributed by atoms with Gasteiger partial charge in [-0.3, -0.25) is 9.59 Å². The van der Waals surface area contributed by atoms with Gasteiger partial charge in [0.2, 0.25) is 5.76 Å². The molecule has 0 N–H and O–H groups in total.